The van der Waals surface area contributed by atoms with Gasteiger partial charge in [0.05, 0.1) is 36.5 Å². The Balaban J connectivity index is 1.13. The average molecular weight is 764 g/mol. The topological polar surface area (TPSA) is 241 Å². The molecule has 5 atom stereocenters. The normalized spacial score (nSPS) is 20.9. The number of phenols is 2. The molecule has 8 N–H and O–H groups in total. The van der Waals surface area contributed by atoms with Crippen molar-refractivity contribution in [2.45, 2.75) is 49.1 Å². The number of rotatable bonds is 10. The number of carbonyl (C=O) groups excluding carboxylic acids is 1. The van der Waals surface area contributed by atoms with Crippen LogP contribution in [0.2, 0.25) is 0 Å². The van der Waals surface area contributed by atoms with Gasteiger partial charge in [0.1, 0.15) is 23.7 Å². The van der Waals surface area contributed by atoms with Crippen LogP contribution in [0.4, 0.5) is 22.2 Å². The van der Waals surface area contributed by atoms with Gasteiger partial charge in [0.2, 0.25) is 11.8 Å². The summed E-state index contributed by atoms with van der Waals surface area (Å²) in [6.07, 6.45) is 3.90. The fourth-order valence-corrected chi connectivity index (χ4v) is 7.69. The zero-order valence-corrected chi connectivity index (χ0v) is 30.2. The number of aromatic nitrogens is 7. The van der Waals surface area contributed by atoms with Gasteiger partial charge in [-0.05, 0) is 60.4 Å². The van der Waals surface area contributed by atoms with Crippen LogP contribution in [0.5, 0.6) is 17.4 Å². The van der Waals surface area contributed by atoms with Crippen LogP contribution in [-0.2, 0) is 7.05 Å². The summed E-state index contributed by atoms with van der Waals surface area (Å²) >= 11 is 0. The van der Waals surface area contributed by atoms with Crippen molar-refractivity contribution in [2.24, 2.45) is 7.05 Å². The van der Waals surface area contributed by atoms with Gasteiger partial charge in [-0.2, -0.15) is 9.97 Å². The predicted octanol–water partition coefficient (Wildman–Crippen LogP) is 2.39. The van der Waals surface area contributed by atoms with Crippen molar-refractivity contribution < 1.29 is 30.3 Å². The van der Waals surface area contributed by atoms with Gasteiger partial charge in [0.25, 0.3) is 0 Å². The van der Waals surface area contributed by atoms with Crippen molar-refractivity contribution in [1.82, 2.24) is 39.0 Å². The number of nitrogens with zero attached hydrogens (tertiary/aromatic N) is 8. The Morgan fingerprint density at radius 2 is 1.64 bits per heavy atom. The molecule has 4 aromatic heterocycles. The summed E-state index contributed by atoms with van der Waals surface area (Å²) in [7, 11) is 1.49. The molecule has 5 heterocycles. The molecule has 2 fully saturated rings. The second-order valence-electron chi connectivity index (χ2n) is 14.2. The van der Waals surface area contributed by atoms with E-state index in [9.17, 15) is 35.1 Å². The lowest BCUT2D eigenvalue weighted by atomic mass is 9.91. The van der Waals surface area contributed by atoms with E-state index in [1.54, 1.807) is 53.4 Å². The lowest BCUT2D eigenvalue weighted by molar-refractivity contribution is 0.00756. The summed E-state index contributed by atoms with van der Waals surface area (Å²) < 4.78 is 3.94. The third-order valence-electron chi connectivity index (χ3n) is 10.6. The first kappa shape index (κ1) is 36.3. The van der Waals surface area contributed by atoms with E-state index in [2.05, 4.69) is 25.9 Å². The average Bonchev–Trinajstić information content (AvgIpc) is 3.96. The Hall–Kier alpha value is -6.66. The first-order valence-electron chi connectivity index (χ1n) is 18.2. The Bertz CT molecular complexity index is 2350. The van der Waals surface area contributed by atoms with Crippen LogP contribution >= 0.6 is 0 Å². The van der Waals surface area contributed by atoms with Gasteiger partial charge in [-0.25, -0.2) is 14.6 Å². The number of aliphatic hydroxyl groups is 2. The van der Waals surface area contributed by atoms with Gasteiger partial charge in [-0.1, -0.05) is 24.3 Å². The maximum atomic E-state index is 12.9. The van der Waals surface area contributed by atoms with Gasteiger partial charge in [0, 0.05) is 44.8 Å². The second kappa shape index (κ2) is 14.9. The molecule has 1 aliphatic heterocycles. The molecule has 0 radical (unpaired) electrons. The molecule has 56 heavy (non-hydrogen) atoms. The zero-order valence-electron chi connectivity index (χ0n) is 30.2. The molecule has 2 amide bonds. The number of nitrogens with one attached hydrogen (secondary N) is 3. The van der Waals surface area contributed by atoms with Crippen molar-refractivity contribution in [1.29, 1.82) is 0 Å². The standard InChI is InChI=1S/C38H41N11O7/c1-46-19-30(52)49(38(46)56)29-15-28(32(53)33(29)54)48-20-41-31-34(40-17-27(21-4-8-25(50)9-5-21)22-6-10-26(51)11-7-22)44-36(45-35(31)48)47-14-12-24(18-47)43-37(55)42-23-3-2-13-39-16-23/h2-11,13,16,19-20,24,27-29,32-33,50-54H,12,14-15,17-18H2,1H3,(H,40,44,45)(H2,42,43,55)/t24-,28-,29+,32+,33-/m1/s1. The highest BCUT2D eigenvalue weighted by Crippen LogP contribution is 2.41. The number of anilines is 3. The molecular formula is C38H41N11O7. The van der Waals surface area contributed by atoms with E-state index >= 15 is 0 Å². The van der Waals surface area contributed by atoms with Crippen molar-refractivity contribution >= 4 is 34.6 Å². The third-order valence-corrected chi connectivity index (χ3v) is 10.6. The van der Waals surface area contributed by atoms with E-state index in [1.165, 1.54) is 24.1 Å². The highest BCUT2D eigenvalue weighted by atomic mass is 16.3. The molecule has 0 unspecified atom stereocenters. The minimum atomic E-state index is -1.39. The Morgan fingerprint density at radius 3 is 2.29 bits per heavy atom. The van der Waals surface area contributed by atoms with Gasteiger partial charge >= 0.3 is 11.7 Å². The SMILES string of the molecule is Cn1cc(O)n([C@H]2C[C@@H](n3cnc4c(NCC(c5ccc(O)cc5)c5ccc(O)cc5)nc(N5CC[C@@H](NC(=O)Nc6cccnc6)C5)nc43)[C@H](O)[C@@H]2O)c1=O. The van der Waals surface area contributed by atoms with Crippen LogP contribution in [-0.4, -0.2) is 103 Å². The maximum absolute atomic E-state index is 12.9. The van der Waals surface area contributed by atoms with E-state index < -0.39 is 30.0 Å². The van der Waals surface area contributed by atoms with E-state index in [1.807, 2.05) is 29.2 Å². The first-order valence-corrected chi connectivity index (χ1v) is 18.2. The molecule has 18 nitrogen and oxygen atoms in total. The minimum absolute atomic E-state index is 0.0822. The van der Waals surface area contributed by atoms with Crippen molar-refractivity contribution in [2.75, 3.05) is 35.2 Å². The number of phenolic OH excluding ortho intramolecular Hbond substituents is 2. The Kier molecular flexibility index (Phi) is 9.65. The maximum Gasteiger partial charge on any atom is 0.331 e. The summed E-state index contributed by atoms with van der Waals surface area (Å²) in [5.41, 5.74) is 2.56. The van der Waals surface area contributed by atoms with Gasteiger partial charge in [0.15, 0.2) is 17.0 Å². The summed E-state index contributed by atoms with van der Waals surface area (Å²) in [5.74, 6) is 0.393. The molecule has 2 aliphatic rings. The molecule has 8 rings (SSSR count). The zero-order chi connectivity index (χ0) is 39.1. The van der Waals surface area contributed by atoms with E-state index in [-0.39, 0.29) is 41.8 Å². The number of aryl methyl sites for hydroxylation is 1. The fraction of sp³-hybridized carbons (Fsp3) is 0.316. The van der Waals surface area contributed by atoms with Crippen LogP contribution in [0, 0.1) is 0 Å². The van der Waals surface area contributed by atoms with Crippen LogP contribution < -0.4 is 26.5 Å². The minimum Gasteiger partial charge on any atom is -0.508 e. The Labute approximate surface area is 319 Å². The first-order chi connectivity index (χ1) is 27.0. The number of hydrogen-bond acceptors (Lipinski definition) is 13. The molecule has 1 aliphatic carbocycles. The molecule has 290 valence electrons. The smallest absolute Gasteiger partial charge is 0.331 e. The molecule has 0 bridgehead atoms. The third kappa shape index (κ3) is 7.02. The highest BCUT2D eigenvalue weighted by Gasteiger charge is 2.45. The monoisotopic (exact) mass is 763 g/mol. The number of aromatic hydroxyl groups is 3. The lowest BCUT2D eigenvalue weighted by Gasteiger charge is -2.22. The quantitative estimate of drug-likeness (QED) is 0.100. The summed E-state index contributed by atoms with van der Waals surface area (Å²) in [5, 5.41) is 62.4. The van der Waals surface area contributed by atoms with Crippen LogP contribution in [0.25, 0.3) is 11.2 Å². The van der Waals surface area contributed by atoms with Crippen LogP contribution in [0.3, 0.4) is 0 Å². The number of amides is 2. The number of hydrogen-bond donors (Lipinski definition) is 8. The Morgan fingerprint density at radius 1 is 0.946 bits per heavy atom. The van der Waals surface area contributed by atoms with E-state index in [4.69, 9.17) is 9.97 Å². The molecule has 1 saturated carbocycles. The fourth-order valence-electron chi connectivity index (χ4n) is 7.69. The molecule has 18 heteroatoms. The molecule has 1 saturated heterocycles. The van der Waals surface area contributed by atoms with Crippen molar-refractivity contribution in [3.63, 3.8) is 0 Å². The molecular weight excluding hydrogens is 722 g/mol. The number of carbonyl (C=O) groups is 1. The van der Waals surface area contributed by atoms with Crippen molar-refractivity contribution in [3.8, 4) is 17.4 Å². The van der Waals surface area contributed by atoms with Crippen molar-refractivity contribution in [3.05, 3.63) is 107 Å². The number of fused-ring (bicyclic) bond motifs is 1. The number of pyridine rings is 1. The number of urea groups is 1. The van der Waals surface area contributed by atoms with Gasteiger partial charge in [-0.3, -0.25) is 14.1 Å². The molecule has 0 spiro atoms. The van der Waals surface area contributed by atoms with Gasteiger partial charge in [-0.15, -0.1) is 0 Å². The summed E-state index contributed by atoms with van der Waals surface area (Å²) in [4.78, 5) is 46.2. The second-order valence-corrected chi connectivity index (χ2v) is 14.2. The van der Waals surface area contributed by atoms with Crippen LogP contribution in [0.15, 0.2) is 90.4 Å². The van der Waals surface area contributed by atoms with Gasteiger partial charge < -0.3 is 51.0 Å². The highest BCUT2D eigenvalue weighted by molar-refractivity contribution is 5.89. The predicted molar refractivity (Wildman–Crippen MR) is 205 cm³/mol. The number of imidazole rings is 2. The number of aliphatic hydroxyl groups excluding tert-OH is 2. The summed E-state index contributed by atoms with van der Waals surface area (Å²) in [6, 6.07) is 14.9. The summed E-state index contributed by atoms with van der Waals surface area (Å²) in [6.45, 7) is 1.23. The molecule has 6 aromatic rings. The number of benzene rings is 2. The largest absolute Gasteiger partial charge is 0.508 e. The molecule has 2 aromatic carbocycles. The van der Waals surface area contributed by atoms with E-state index in [0.29, 0.717) is 54.7 Å². The van der Waals surface area contributed by atoms with E-state index in [0.717, 1.165) is 15.7 Å². The van der Waals surface area contributed by atoms with Crippen LogP contribution in [0.1, 0.15) is 42.0 Å². The lowest BCUT2D eigenvalue weighted by Crippen LogP contribution is -2.40.